The number of amides is 1. The molecule has 5 heteroatoms. The normalized spacial score (nSPS) is 13.8. The van der Waals surface area contributed by atoms with Crippen LogP contribution in [-0.2, 0) is 6.54 Å². The van der Waals surface area contributed by atoms with Crippen molar-refractivity contribution in [3.8, 4) is 0 Å². The third kappa shape index (κ3) is 5.33. The molecule has 1 aliphatic carbocycles. The predicted molar refractivity (Wildman–Crippen MR) is 107 cm³/mol. The molecule has 0 saturated heterocycles. The average Bonchev–Trinajstić information content (AvgIpc) is 2.68. The second-order valence-electron chi connectivity index (χ2n) is 6.49. The second-order valence-corrected chi connectivity index (χ2v) is 6.90. The van der Waals surface area contributed by atoms with Gasteiger partial charge in [0.05, 0.1) is 0 Å². The lowest BCUT2D eigenvalue weighted by Crippen LogP contribution is -2.25. The first kappa shape index (κ1) is 18.5. The molecule has 0 aliphatic heterocycles. The lowest BCUT2D eigenvalue weighted by atomic mass is 9.97. The van der Waals surface area contributed by atoms with Crippen LogP contribution in [0.5, 0.6) is 0 Å². The highest BCUT2D eigenvalue weighted by Crippen LogP contribution is 2.19. The monoisotopic (exact) mass is 369 g/mol. The summed E-state index contributed by atoms with van der Waals surface area (Å²) in [5.74, 6) is 0.595. The van der Waals surface area contributed by atoms with Gasteiger partial charge in [0.2, 0.25) is 0 Å². The van der Waals surface area contributed by atoms with Gasteiger partial charge in [0.1, 0.15) is 5.82 Å². The molecule has 0 spiro atoms. The van der Waals surface area contributed by atoms with Gasteiger partial charge in [-0.3, -0.25) is 4.79 Å². The van der Waals surface area contributed by atoms with Gasteiger partial charge in [0.15, 0.2) is 0 Å². The quantitative estimate of drug-likeness (QED) is 0.677. The molecule has 136 valence electrons. The molecule has 0 bridgehead atoms. The number of nitrogens with zero attached hydrogens (tertiary/aromatic N) is 1. The Balaban J connectivity index is 1.52. The second kappa shape index (κ2) is 9.39. The number of carbonyl (C=O) groups excluding carboxylic acids is 1. The molecule has 1 heterocycles. The van der Waals surface area contributed by atoms with E-state index >= 15 is 0 Å². The predicted octanol–water partition coefficient (Wildman–Crippen LogP) is 4.97. The van der Waals surface area contributed by atoms with Crippen LogP contribution in [0.1, 0.15) is 48.0 Å². The van der Waals surface area contributed by atoms with E-state index in [1.807, 2.05) is 24.3 Å². The van der Waals surface area contributed by atoms with Crippen molar-refractivity contribution in [3.05, 3.63) is 70.4 Å². The summed E-state index contributed by atoms with van der Waals surface area (Å²) in [4.78, 5) is 16.6. The van der Waals surface area contributed by atoms with Gasteiger partial charge in [-0.15, -0.1) is 0 Å². The number of anilines is 1. The smallest absolute Gasteiger partial charge is 0.251 e. The fourth-order valence-electron chi connectivity index (χ4n) is 3.07. The van der Waals surface area contributed by atoms with E-state index in [1.165, 1.54) is 31.3 Å². The Morgan fingerprint density at radius 3 is 2.88 bits per heavy atom. The van der Waals surface area contributed by atoms with Crippen LogP contribution in [0.3, 0.4) is 0 Å². The van der Waals surface area contributed by atoms with Crippen LogP contribution in [0.2, 0.25) is 5.02 Å². The molecule has 4 nitrogen and oxygen atoms in total. The van der Waals surface area contributed by atoms with Crippen molar-refractivity contribution in [3.63, 3.8) is 0 Å². The molecule has 1 aromatic carbocycles. The van der Waals surface area contributed by atoms with E-state index in [0.717, 1.165) is 12.0 Å². The molecule has 0 radical (unpaired) electrons. The van der Waals surface area contributed by atoms with Gasteiger partial charge in [0, 0.05) is 29.9 Å². The van der Waals surface area contributed by atoms with Gasteiger partial charge in [-0.25, -0.2) is 4.98 Å². The third-order valence-electron chi connectivity index (χ3n) is 4.56. The number of hydrogen-bond acceptors (Lipinski definition) is 3. The summed E-state index contributed by atoms with van der Waals surface area (Å²) in [6.45, 7) is 1.24. The van der Waals surface area contributed by atoms with Crippen LogP contribution < -0.4 is 10.6 Å². The zero-order valence-corrected chi connectivity index (χ0v) is 15.6. The number of rotatable bonds is 7. The minimum Gasteiger partial charge on any atom is -0.366 e. The van der Waals surface area contributed by atoms with Crippen LogP contribution in [0, 0.1) is 0 Å². The van der Waals surface area contributed by atoms with Crippen molar-refractivity contribution < 1.29 is 4.79 Å². The van der Waals surface area contributed by atoms with Gasteiger partial charge in [-0.2, -0.15) is 0 Å². The summed E-state index contributed by atoms with van der Waals surface area (Å²) in [6, 6.07) is 11.2. The number of allylic oxidation sites excluding steroid dienone is 1. The molecule has 2 N–H and O–H groups in total. The summed E-state index contributed by atoms with van der Waals surface area (Å²) < 4.78 is 0. The Morgan fingerprint density at radius 1 is 1.19 bits per heavy atom. The van der Waals surface area contributed by atoms with E-state index in [0.29, 0.717) is 29.5 Å². The number of aromatic nitrogens is 1. The number of nitrogens with one attached hydrogen (secondary N) is 2. The molecule has 3 rings (SSSR count). The minimum absolute atomic E-state index is 0.0652. The van der Waals surface area contributed by atoms with Crippen molar-refractivity contribution in [1.82, 2.24) is 10.3 Å². The van der Waals surface area contributed by atoms with Crippen molar-refractivity contribution in [1.29, 1.82) is 0 Å². The maximum Gasteiger partial charge on any atom is 0.251 e. The van der Waals surface area contributed by atoms with E-state index in [2.05, 4.69) is 21.7 Å². The number of benzene rings is 1. The first-order valence-corrected chi connectivity index (χ1v) is 9.49. The zero-order chi connectivity index (χ0) is 18.2. The van der Waals surface area contributed by atoms with E-state index in [9.17, 15) is 4.79 Å². The van der Waals surface area contributed by atoms with Crippen LogP contribution in [0.25, 0.3) is 0 Å². The molecule has 0 atom stereocenters. The molecule has 0 fully saturated rings. The number of carbonyl (C=O) groups is 1. The fraction of sp³-hybridized carbons (Fsp3) is 0.333. The highest BCUT2D eigenvalue weighted by molar-refractivity contribution is 6.31. The van der Waals surface area contributed by atoms with Gasteiger partial charge in [-0.1, -0.05) is 41.4 Å². The standard InChI is InChI=1S/C21H24ClN3O/c22-19-9-5-4-8-18(19)15-25-20-14-17(11-13-23-20)21(26)24-12-10-16-6-2-1-3-7-16/h4-6,8-9,11,13-14H,1-3,7,10,12,15H2,(H,23,25)(H,24,26). The third-order valence-corrected chi connectivity index (χ3v) is 4.93. The Bertz CT molecular complexity index is 788. The average molecular weight is 370 g/mol. The van der Waals surface area contributed by atoms with Crippen molar-refractivity contribution >= 4 is 23.3 Å². The van der Waals surface area contributed by atoms with E-state index < -0.39 is 0 Å². The molecule has 0 unspecified atom stereocenters. The Morgan fingerprint density at radius 2 is 2.08 bits per heavy atom. The molecule has 26 heavy (non-hydrogen) atoms. The highest BCUT2D eigenvalue weighted by Gasteiger charge is 2.08. The molecule has 0 saturated carbocycles. The lowest BCUT2D eigenvalue weighted by Gasteiger charge is -2.13. The van der Waals surface area contributed by atoms with Crippen LogP contribution >= 0.6 is 11.6 Å². The summed E-state index contributed by atoms with van der Waals surface area (Å²) in [5, 5.41) is 6.93. The van der Waals surface area contributed by atoms with E-state index in [1.54, 1.807) is 18.3 Å². The van der Waals surface area contributed by atoms with Crippen LogP contribution in [0.15, 0.2) is 54.2 Å². The van der Waals surface area contributed by atoms with Crippen LogP contribution in [0.4, 0.5) is 5.82 Å². The molecular formula is C21H24ClN3O. The Labute approximate surface area is 159 Å². The van der Waals surface area contributed by atoms with E-state index in [-0.39, 0.29) is 5.91 Å². The van der Waals surface area contributed by atoms with E-state index in [4.69, 9.17) is 11.6 Å². The molecular weight excluding hydrogens is 346 g/mol. The molecule has 2 aromatic rings. The molecule has 1 amide bonds. The maximum atomic E-state index is 12.4. The number of hydrogen-bond donors (Lipinski definition) is 2. The largest absolute Gasteiger partial charge is 0.366 e. The molecule has 1 aliphatic rings. The zero-order valence-electron chi connectivity index (χ0n) is 14.8. The first-order chi connectivity index (χ1) is 12.7. The van der Waals surface area contributed by atoms with Crippen LogP contribution in [-0.4, -0.2) is 17.4 Å². The van der Waals surface area contributed by atoms with Crippen molar-refractivity contribution in [2.24, 2.45) is 0 Å². The minimum atomic E-state index is -0.0652. The summed E-state index contributed by atoms with van der Waals surface area (Å²) in [5.41, 5.74) is 3.07. The van der Waals surface area contributed by atoms with Gasteiger partial charge in [0.25, 0.3) is 5.91 Å². The maximum absolute atomic E-state index is 12.4. The highest BCUT2D eigenvalue weighted by atomic mass is 35.5. The van der Waals surface area contributed by atoms with Crippen molar-refractivity contribution in [2.75, 3.05) is 11.9 Å². The van der Waals surface area contributed by atoms with Crippen molar-refractivity contribution in [2.45, 2.75) is 38.6 Å². The summed E-state index contributed by atoms with van der Waals surface area (Å²) in [7, 11) is 0. The SMILES string of the molecule is O=C(NCCC1=CCCCC1)c1ccnc(NCc2ccccc2Cl)c1. The fourth-order valence-corrected chi connectivity index (χ4v) is 3.27. The Kier molecular flexibility index (Phi) is 6.67. The molecule has 1 aromatic heterocycles. The summed E-state index contributed by atoms with van der Waals surface area (Å²) in [6.07, 6.45) is 9.80. The Hall–Kier alpha value is -2.33. The van der Waals surface area contributed by atoms with Gasteiger partial charge < -0.3 is 10.6 Å². The van der Waals surface area contributed by atoms with Gasteiger partial charge in [-0.05, 0) is 55.9 Å². The topological polar surface area (TPSA) is 54.0 Å². The van der Waals surface area contributed by atoms with Gasteiger partial charge >= 0.3 is 0 Å². The first-order valence-electron chi connectivity index (χ1n) is 9.12. The lowest BCUT2D eigenvalue weighted by molar-refractivity contribution is 0.0954. The number of pyridine rings is 1. The number of halogens is 1. The summed E-state index contributed by atoms with van der Waals surface area (Å²) >= 11 is 6.16.